The fourth-order valence-corrected chi connectivity index (χ4v) is 2.10. The molecule has 0 aliphatic heterocycles. The van der Waals surface area contributed by atoms with Crippen molar-refractivity contribution in [2.45, 2.75) is 38.6 Å². The van der Waals surface area contributed by atoms with Gasteiger partial charge in [-0.1, -0.05) is 38.3 Å². The van der Waals surface area contributed by atoms with Gasteiger partial charge in [-0.3, -0.25) is 0 Å². The van der Waals surface area contributed by atoms with Crippen LogP contribution in [0.2, 0.25) is 0 Å². The van der Waals surface area contributed by atoms with E-state index < -0.39 is 0 Å². The molecule has 0 amide bonds. The number of anilines is 1. The second-order valence-corrected chi connectivity index (χ2v) is 4.83. The maximum Gasteiger partial charge on any atom is 0.0364 e. The van der Waals surface area contributed by atoms with Crippen LogP contribution >= 0.6 is 0 Å². The van der Waals surface area contributed by atoms with Gasteiger partial charge in [0, 0.05) is 25.8 Å². The van der Waals surface area contributed by atoms with Crippen LogP contribution in [0.4, 0.5) is 5.69 Å². The predicted molar refractivity (Wildman–Crippen MR) is 76.7 cm³/mol. The highest BCUT2D eigenvalue weighted by atomic mass is 15.1. The van der Waals surface area contributed by atoms with Crippen molar-refractivity contribution in [2.24, 2.45) is 0 Å². The molecular formula is C15H26N2. The van der Waals surface area contributed by atoms with Gasteiger partial charge in [0.1, 0.15) is 0 Å². The summed E-state index contributed by atoms with van der Waals surface area (Å²) in [5.41, 5.74) is 2.67. The number of unbranched alkanes of at least 4 members (excludes halogenated alkanes) is 2. The molecule has 1 aromatic rings. The minimum absolute atomic E-state index is 0.487. The summed E-state index contributed by atoms with van der Waals surface area (Å²) in [6.45, 7) is 2.25. The van der Waals surface area contributed by atoms with E-state index in [-0.39, 0.29) is 0 Å². The van der Waals surface area contributed by atoms with E-state index in [9.17, 15) is 0 Å². The Hall–Kier alpha value is -1.02. The summed E-state index contributed by atoms with van der Waals surface area (Å²) in [6.07, 6.45) is 5.13. The van der Waals surface area contributed by atoms with Crippen molar-refractivity contribution < 1.29 is 0 Å². The van der Waals surface area contributed by atoms with Crippen molar-refractivity contribution in [1.82, 2.24) is 5.32 Å². The molecule has 0 fully saturated rings. The molecule has 0 saturated carbocycles. The fourth-order valence-electron chi connectivity index (χ4n) is 2.10. The molecule has 17 heavy (non-hydrogen) atoms. The van der Waals surface area contributed by atoms with Crippen LogP contribution in [0.15, 0.2) is 24.3 Å². The van der Waals surface area contributed by atoms with Gasteiger partial charge < -0.3 is 10.2 Å². The van der Waals surface area contributed by atoms with Crippen LogP contribution in [-0.2, 0) is 0 Å². The highest BCUT2D eigenvalue weighted by Gasteiger charge is 2.09. The number of hydrogen-bond donors (Lipinski definition) is 1. The summed E-state index contributed by atoms with van der Waals surface area (Å²) >= 11 is 0. The second kappa shape index (κ2) is 7.33. The Balaban J connectivity index is 2.70. The topological polar surface area (TPSA) is 15.3 Å². The zero-order valence-electron chi connectivity index (χ0n) is 11.7. The van der Waals surface area contributed by atoms with Crippen LogP contribution < -0.4 is 10.2 Å². The van der Waals surface area contributed by atoms with Crippen LogP contribution in [0.25, 0.3) is 0 Å². The summed E-state index contributed by atoms with van der Waals surface area (Å²) in [4.78, 5) is 2.16. The molecule has 2 nitrogen and oxygen atoms in total. The molecule has 0 saturated heterocycles. The molecule has 0 aliphatic carbocycles. The van der Waals surface area contributed by atoms with Gasteiger partial charge in [0.2, 0.25) is 0 Å². The molecule has 1 atom stereocenters. The van der Waals surface area contributed by atoms with Gasteiger partial charge in [0.25, 0.3) is 0 Å². The Bertz CT molecular complexity index is 320. The normalized spacial score (nSPS) is 12.5. The first-order valence-electron chi connectivity index (χ1n) is 6.63. The smallest absolute Gasteiger partial charge is 0.0364 e. The van der Waals surface area contributed by atoms with Crippen LogP contribution in [0.5, 0.6) is 0 Å². The molecule has 0 radical (unpaired) electrons. The third kappa shape index (κ3) is 4.39. The Labute approximate surface area is 106 Å². The van der Waals surface area contributed by atoms with Gasteiger partial charge in [-0.05, 0) is 31.2 Å². The molecule has 2 heteroatoms. The third-order valence-corrected chi connectivity index (χ3v) is 3.23. The number of nitrogens with zero attached hydrogens (tertiary/aromatic N) is 1. The predicted octanol–water partition coefficient (Wildman–Crippen LogP) is 3.59. The maximum atomic E-state index is 3.42. The van der Waals surface area contributed by atoms with E-state index in [1.807, 2.05) is 0 Å². The Morgan fingerprint density at radius 2 is 2.00 bits per heavy atom. The number of rotatable bonds is 7. The second-order valence-electron chi connectivity index (χ2n) is 4.83. The first kappa shape index (κ1) is 14.0. The fraction of sp³-hybridized carbons (Fsp3) is 0.600. The Morgan fingerprint density at radius 1 is 1.24 bits per heavy atom. The molecule has 1 rings (SSSR count). The van der Waals surface area contributed by atoms with Gasteiger partial charge in [-0.2, -0.15) is 0 Å². The summed E-state index contributed by atoms with van der Waals surface area (Å²) in [7, 11) is 6.23. The van der Waals surface area contributed by atoms with Crippen molar-refractivity contribution in [1.29, 1.82) is 0 Å². The van der Waals surface area contributed by atoms with Crippen molar-refractivity contribution in [3.05, 3.63) is 29.8 Å². The average molecular weight is 234 g/mol. The third-order valence-electron chi connectivity index (χ3n) is 3.23. The lowest BCUT2D eigenvalue weighted by Gasteiger charge is -2.19. The Morgan fingerprint density at radius 3 is 2.59 bits per heavy atom. The van der Waals surface area contributed by atoms with E-state index in [0.29, 0.717) is 6.04 Å². The lowest BCUT2D eigenvalue weighted by Crippen LogP contribution is -2.17. The van der Waals surface area contributed by atoms with Crippen LogP contribution in [-0.4, -0.2) is 21.1 Å². The van der Waals surface area contributed by atoms with Gasteiger partial charge in [0.05, 0.1) is 0 Å². The van der Waals surface area contributed by atoms with Gasteiger partial charge in [-0.15, -0.1) is 0 Å². The highest BCUT2D eigenvalue weighted by Crippen LogP contribution is 2.23. The highest BCUT2D eigenvalue weighted by molar-refractivity contribution is 5.47. The van der Waals surface area contributed by atoms with Crippen molar-refractivity contribution >= 4 is 5.69 Å². The minimum atomic E-state index is 0.487. The summed E-state index contributed by atoms with van der Waals surface area (Å²) in [5, 5.41) is 3.42. The number of hydrogen-bond acceptors (Lipinski definition) is 2. The zero-order chi connectivity index (χ0) is 12.7. The van der Waals surface area contributed by atoms with E-state index in [2.05, 4.69) is 62.5 Å². The first-order chi connectivity index (χ1) is 8.19. The molecule has 0 aliphatic rings. The van der Waals surface area contributed by atoms with Crippen molar-refractivity contribution in [2.75, 3.05) is 26.0 Å². The molecule has 1 N–H and O–H groups in total. The first-order valence-corrected chi connectivity index (χ1v) is 6.63. The van der Waals surface area contributed by atoms with E-state index in [0.717, 1.165) is 0 Å². The van der Waals surface area contributed by atoms with E-state index in [1.165, 1.54) is 36.9 Å². The average Bonchev–Trinajstić information content (AvgIpc) is 2.35. The van der Waals surface area contributed by atoms with E-state index >= 15 is 0 Å². The maximum absolute atomic E-state index is 3.42. The summed E-state index contributed by atoms with van der Waals surface area (Å²) in [6, 6.07) is 9.30. The standard InChI is InChI=1S/C15H26N2/c1-5-6-7-11-15(16-2)13-9-8-10-14(12-13)17(3)4/h8-10,12,15-16H,5-7,11H2,1-4H3. The van der Waals surface area contributed by atoms with Crippen LogP contribution in [0.1, 0.15) is 44.2 Å². The lowest BCUT2D eigenvalue weighted by atomic mass is 10.00. The van der Waals surface area contributed by atoms with Crippen molar-refractivity contribution in [3.8, 4) is 0 Å². The molecular weight excluding hydrogens is 208 g/mol. The Kier molecular flexibility index (Phi) is 6.06. The lowest BCUT2D eigenvalue weighted by molar-refractivity contribution is 0.512. The van der Waals surface area contributed by atoms with Crippen molar-refractivity contribution in [3.63, 3.8) is 0 Å². The van der Waals surface area contributed by atoms with E-state index in [4.69, 9.17) is 0 Å². The number of benzene rings is 1. The molecule has 0 heterocycles. The largest absolute Gasteiger partial charge is 0.378 e. The molecule has 0 bridgehead atoms. The minimum Gasteiger partial charge on any atom is -0.378 e. The zero-order valence-corrected chi connectivity index (χ0v) is 11.7. The summed E-state index contributed by atoms with van der Waals surface area (Å²) in [5.74, 6) is 0. The van der Waals surface area contributed by atoms with Gasteiger partial charge in [0.15, 0.2) is 0 Å². The summed E-state index contributed by atoms with van der Waals surface area (Å²) < 4.78 is 0. The number of nitrogens with one attached hydrogen (secondary N) is 1. The monoisotopic (exact) mass is 234 g/mol. The van der Waals surface area contributed by atoms with Gasteiger partial charge in [-0.25, -0.2) is 0 Å². The SMILES string of the molecule is CCCCCC(NC)c1cccc(N(C)C)c1. The molecule has 0 spiro atoms. The van der Waals surface area contributed by atoms with Crippen LogP contribution in [0, 0.1) is 0 Å². The molecule has 1 unspecified atom stereocenters. The molecule has 96 valence electrons. The molecule has 0 aromatic heterocycles. The van der Waals surface area contributed by atoms with E-state index in [1.54, 1.807) is 0 Å². The van der Waals surface area contributed by atoms with Crippen LogP contribution in [0.3, 0.4) is 0 Å². The van der Waals surface area contributed by atoms with Gasteiger partial charge >= 0.3 is 0 Å². The molecule has 1 aromatic carbocycles. The quantitative estimate of drug-likeness (QED) is 0.725.